The summed E-state index contributed by atoms with van der Waals surface area (Å²) in [5.74, 6) is 0. The SMILES string of the molecule is CCC(N)C(OCCc1ccccn1)c1cccc(Br)c1. The van der Waals surface area contributed by atoms with Gasteiger partial charge in [-0.05, 0) is 36.2 Å². The number of hydrogen-bond donors (Lipinski definition) is 1. The Hall–Kier alpha value is -1.23. The van der Waals surface area contributed by atoms with Crippen LogP contribution in [-0.4, -0.2) is 17.6 Å². The van der Waals surface area contributed by atoms with Crippen molar-refractivity contribution < 1.29 is 4.74 Å². The lowest BCUT2D eigenvalue weighted by Gasteiger charge is -2.24. The van der Waals surface area contributed by atoms with Crippen molar-refractivity contribution in [2.45, 2.75) is 31.9 Å². The van der Waals surface area contributed by atoms with E-state index in [1.54, 1.807) is 6.20 Å². The van der Waals surface area contributed by atoms with Gasteiger partial charge in [0.1, 0.15) is 0 Å². The molecule has 112 valence electrons. The third kappa shape index (κ3) is 4.92. The average Bonchev–Trinajstić information content (AvgIpc) is 2.52. The Kier molecular flexibility index (Phi) is 6.36. The van der Waals surface area contributed by atoms with Crippen LogP contribution in [0.15, 0.2) is 53.1 Å². The minimum Gasteiger partial charge on any atom is -0.371 e. The molecule has 0 amide bonds. The summed E-state index contributed by atoms with van der Waals surface area (Å²) in [6.07, 6.45) is 3.39. The van der Waals surface area contributed by atoms with Crippen molar-refractivity contribution >= 4 is 15.9 Å². The molecule has 0 aliphatic heterocycles. The quantitative estimate of drug-likeness (QED) is 0.825. The molecular weight excluding hydrogens is 328 g/mol. The van der Waals surface area contributed by atoms with E-state index in [0.717, 1.165) is 28.6 Å². The molecule has 2 aromatic rings. The van der Waals surface area contributed by atoms with Crippen molar-refractivity contribution in [1.82, 2.24) is 4.98 Å². The number of hydrogen-bond acceptors (Lipinski definition) is 3. The first-order valence-corrected chi connectivity index (χ1v) is 8.02. The smallest absolute Gasteiger partial charge is 0.0976 e. The van der Waals surface area contributed by atoms with E-state index in [1.165, 1.54) is 0 Å². The standard InChI is InChI=1S/C17H21BrN2O/c1-2-16(19)17(13-6-5-7-14(18)12-13)21-11-9-15-8-3-4-10-20-15/h3-8,10,12,16-17H,2,9,11,19H2,1H3. The number of halogens is 1. The Labute approximate surface area is 134 Å². The molecule has 0 saturated carbocycles. The monoisotopic (exact) mass is 348 g/mol. The second-order valence-electron chi connectivity index (χ2n) is 4.99. The normalized spacial score (nSPS) is 13.9. The van der Waals surface area contributed by atoms with Crippen LogP contribution in [0.5, 0.6) is 0 Å². The molecule has 4 heteroatoms. The number of ether oxygens (including phenoxy) is 1. The fourth-order valence-electron chi connectivity index (χ4n) is 2.20. The van der Waals surface area contributed by atoms with Gasteiger partial charge in [0.2, 0.25) is 0 Å². The second kappa shape index (κ2) is 8.27. The van der Waals surface area contributed by atoms with Crippen LogP contribution >= 0.6 is 15.9 Å². The Bertz CT molecular complexity index is 547. The minimum absolute atomic E-state index is 0.0111. The highest BCUT2D eigenvalue weighted by atomic mass is 79.9. The van der Waals surface area contributed by atoms with Gasteiger partial charge >= 0.3 is 0 Å². The third-order valence-corrected chi connectivity index (χ3v) is 3.91. The zero-order chi connectivity index (χ0) is 15.1. The summed E-state index contributed by atoms with van der Waals surface area (Å²) in [4.78, 5) is 4.31. The topological polar surface area (TPSA) is 48.1 Å². The molecule has 0 fully saturated rings. The minimum atomic E-state index is -0.0868. The Morgan fingerprint density at radius 2 is 2.10 bits per heavy atom. The van der Waals surface area contributed by atoms with Gasteiger partial charge in [0.25, 0.3) is 0 Å². The van der Waals surface area contributed by atoms with Crippen LogP contribution in [0.4, 0.5) is 0 Å². The molecule has 2 atom stereocenters. The van der Waals surface area contributed by atoms with Crippen LogP contribution in [0, 0.1) is 0 Å². The van der Waals surface area contributed by atoms with E-state index in [9.17, 15) is 0 Å². The second-order valence-corrected chi connectivity index (χ2v) is 5.91. The summed E-state index contributed by atoms with van der Waals surface area (Å²) in [5.41, 5.74) is 8.37. The molecule has 2 unspecified atom stereocenters. The zero-order valence-corrected chi connectivity index (χ0v) is 13.8. The first-order chi connectivity index (χ1) is 10.2. The number of aromatic nitrogens is 1. The van der Waals surface area contributed by atoms with Crippen LogP contribution in [0.2, 0.25) is 0 Å². The van der Waals surface area contributed by atoms with Crippen molar-refractivity contribution in [1.29, 1.82) is 0 Å². The van der Waals surface area contributed by atoms with Crippen molar-refractivity contribution in [2.75, 3.05) is 6.61 Å². The van der Waals surface area contributed by atoms with E-state index in [1.807, 2.05) is 30.3 Å². The van der Waals surface area contributed by atoms with Crippen molar-refractivity contribution in [3.8, 4) is 0 Å². The maximum absolute atomic E-state index is 6.22. The number of rotatable bonds is 7. The molecular formula is C17H21BrN2O. The molecule has 2 rings (SSSR count). The summed E-state index contributed by atoms with van der Waals surface area (Å²) in [7, 11) is 0. The maximum Gasteiger partial charge on any atom is 0.0976 e. The van der Waals surface area contributed by atoms with Crippen LogP contribution in [0.25, 0.3) is 0 Å². The molecule has 1 aromatic heterocycles. The van der Waals surface area contributed by atoms with Gasteiger partial charge in [-0.3, -0.25) is 4.98 Å². The van der Waals surface area contributed by atoms with Gasteiger partial charge in [-0.2, -0.15) is 0 Å². The van der Waals surface area contributed by atoms with Crippen LogP contribution in [0.1, 0.15) is 30.7 Å². The van der Waals surface area contributed by atoms with Crippen molar-refractivity contribution in [2.24, 2.45) is 5.73 Å². The fraction of sp³-hybridized carbons (Fsp3) is 0.353. The molecule has 0 saturated heterocycles. The summed E-state index contributed by atoms with van der Waals surface area (Å²) < 4.78 is 7.10. The first-order valence-electron chi connectivity index (χ1n) is 7.23. The molecule has 21 heavy (non-hydrogen) atoms. The summed E-state index contributed by atoms with van der Waals surface area (Å²) in [5, 5.41) is 0. The predicted molar refractivity (Wildman–Crippen MR) is 89.0 cm³/mol. The summed E-state index contributed by atoms with van der Waals surface area (Å²) in [6, 6.07) is 14.1. The van der Waals surface area contributed by atoms with E-state index in [2.05, 4.69) is 40.0 Å². The molecule has 0 bridgehead atoms. The van der Waals surface area contributed by atoms with Crippen molar-refractivity contribution in [3.63, 3.8) is 0 Å². The highest BCUT2D eigenvalue weighted by Gasteiger charge is 2.19. The van der Waals surface area contributed by atoms with Crippen LogP contribution in [-0.2, 0) is 11.2 Å². The largest absolute Gasteiger partial charge is 0.371 e. The Balaban J connectivity index is 2.00. The lowest BCUT2D eigenvalue weighted by atomic mass is 10.0. The van der Waals surface area contributed by atoms with Gasteiger partial charge in [0.15, 0.2) is 0 Å². The maximum atomic E-state index is 6.22. The van der Waals surface area contributed by atoms with Gasteiger partial charge in [-0.1, -0.05) is 41.1 Å². The number of benzene rings is 1. The van der Waals surface area contributed by atoms with E-state index >= 15 is 0 Å². The van der Waals surface area contributed by atoms with Crippen LogP contribution in [0.3, 0.4) is 0 Å². The number of pyridine rings is 1. The molecule has 1 heterocycles. The van der Waals surface area contributed by atoms with Crippen molar-refractivity contribution in [3.05, 3.63) is 64.4 Å². The molecule has 1 aromatic carbocycles. The van der Waals surface area contributed by atoms with E-state index in [-0.39, 0.29) is 12.1 Å². The molecule has 0 aliphatic carbocycles. The Morgan fingerprint density at radius 1 is 1.24 bits per heavy atom. The molecule has 2 N–H and O–H groups in total. The molecule has 0 spiro atoms. The van der Waals surface area contributed by atoms with Gasteiger partial charge in [0, 0.05) is 28.8 Å². The molecule has 3 nitrogen and oxygen atoms in total. The van der Waals surface area contributed by atoms with Gasteiger partial charge in [0.05, 0.1) is 12.7 Å². The number of nitrogens with zero attached hydrogens (tertiary/aromatic N) is 1. The fourth-order valence-corrected chi connectivity index (χ4v) is 2.62. The lowest BCUT2D eigenvalue weighted by molar-refractivity contribution is 0.0350. The van der Waals surface area contributed by atoms with Crippen LogP contribution < -0.4 is 5.73 Å². The van der Waals surface area contributed by atoms with E-state index in [4.69, 9.17) is 10.5 Å². The van der Waals surface area contributed by atoms with E-state index in [0.29, 0.717) is 6.61 Å². The number of nitrogens with two attached hydrogens (primary N) is 1. The van der Waals surface area contributed by atoms with Gasteiger partial charge in [-0.15, -0.1) is 0 Å². The third-order valence-electron chi connectivity index (χ3n) is 3.42. The van der Waals surface area contributed by atoms with Gasteiger partial charge in [-0.25, -0.2) is 0 Å². The molecule has 0 aliphatic rings. The molecule has 0 radical (unpaired) electrons. The average molecular weight is 349 g/mol. The highest BCUT2D eigenvalue weighted by Crippen LogP contribution is 2.25. The Morgan fingerprint density at radius 3 is 2.76 bits per heavy atom. The summed E-state index contributed by atoms with van der Waals surface area (Å²) >= 11 is 3.50. The highest BCUT2D eigenvalue weighted by molar-refractivity contribution is 9.10. The van der Waals surface area contributed by atoms with E-state index < -0.39 is 0 Å². The summed E-state index contributed by atoms with van der Waals surface area (Å²) in [6.45, 7) is 2.69. The predicted octanol–water partition coefficient (Wildman–Crippen LogP) is 3.88. The first kappa shape index (κ1) is 16.1. The lowest BCUT2D eigenvalue weighted by Crippen LogP contribution is -2.30. The zero-order valence-electron chi connectivity index (χ0n) is 12.2. The van der Waals surface area contributed by atoms with Gasteiger partial charge < -0.3 is 10.5 Å².